The number of hydrogen-bond donors (Lipinski definition) is 4. The van der Waals surface area contributed by atoms with Crippen molar-refractivity contribution in [1.82, 2.24) is 9.97 Å². The number of nitrogens with one attached hydrogen (secondary N) is 1. The summed E-state index contributed by atoms with van der Waals surface area (Å²) in [6, 6.07) is 12.7. The highest BCUT2D eigenvalue weighted by atomic mass is 16.5. The Morgan fingerprint density at radius 2 is 1.93 bits per heavy atom. The summed E-state index contributed by atoms with van der Waals surface area (Å²) in [4.78, 5) is 29.6. The summed E-state index contributed by atoms with van der Waals surface area (Å²) in [5.74, 6) is -0.174. The topological polar surface area (TPSA) is 144 Å². The van der Waals surface area contributed by atoms with E-state index in [0.29, 0.717) is 23.5 Å². The van der Waals surface area contributed by atoms with Crippen LogP contribution in [0.25, 0.3) is 22.5 Å². The molecule has 1 heterocycles. The molecule has 0 atom stereocenters. The first-order valence-corrected chi connectivity index (χ1v) is 8.62. The van der Waals surface area contributed by atoms with Gasteiger partial charge in [0.25, 0.3) is 5.56 Å². The highest BCUT2D eigenvalue weighted by Crippen LogP contribution is 2.33. The van der Waals surface area contributed by atoms with Crippen LogP contribution < -0.4 is 21.8 Å². The molecule has 0 spiro atoms. The number of rotatable bonds is 6. The Morgan fingerprint density at radius 1 is 1.18 bits per heavy atom. The van der Waals surface area contributed by atoms with Crippen molar-refractivity contribution in [3.8, 4) is 28.3 Å². The van der Waals surface area contributed by atoms with Gasteiger partial charge in [-0.1, -0.05) is 30.3 Å². The van der Waals surface area contributed by atoms with Crippen molar-refractivity contribution in [2.45, 2.75) is 13.3 Å². The van der Waals surface area contributed by atoms with Crippen LogP contribution in [0.4, 0.5) is 11.5 Å². The van der Waals surface area contributed by atoms with Crippen molar-refractivity contribution in [2.75, 3.05) is 18.1 Å². The third-order valence-electron chi connectivity index (χ3n) is 4.14. The van der Waals surface area contributed by atoms with Crippen LogP contribution in [-0.2, 0) is 11.2 Å². The van der Waals surface area contributed by atoms with Crippen molar-refractivity contribution in [2.24, 2.45) is 0 Å². The number of carboxylic acids is 1. The fourth-order valence-corrected chi connectivity index (χ4v) is 2.84. The summed E-state index contributed by atoms with van der Waals surface area (Å²) in [6.45, 7) is 2.25. The minimum absolute atomic E-state index is 0.0494. The highest BCUT2D eigenvalue weighted by molar-refractivity contribution is 5.76. The first kappa shape index (κ1) is 19.0. The van der Waals surface area contributed by atoms with Gasteiger partial charge in [0.15, 0.2) is 5.82 Å². The van der Waals surface area contributed by atoms with E-state index < -0.39 is 11.5 Å². The second kappa shape index (κ2) is 7.83. The van der Waals surface area contributed by atoms with Crippen LogP contribution in [0, 0.1) is 0 Å². The van der Waals surface area contributed by atoms with Crippen molar-refractivity contribution < 1.29 is 14.6 Å². The van der Waals surface area contributed by atoms with Gasteiger partial charge in [0.2, 0.25) is 0 Å². The number of benzene rings is 2. The predicted molar refractivity (Wildman–Crippen MR) is 107 cm³/mol. The molecule has 6 N–H and O–H groups in total. The lowest BCUT2D eigenvalue weighted by Crippen LogP contribution is -2.17. The van der Waals surface area contributed by atoms with Gasteiger partial charge in [0.1, 0.15) is 17.3 Å². The largest absolute Gasteiger partial charge is 0.493 e. The number of aliphatic carboxylic acids is 1. The number of hydrogen-bond acceptors (Lipinski definition) is 6. The third kappa shape index (κ3) is 3.96. The number of aromatic nitrogens is 2. The fraction of sp³-hybridized carbons (Fsp3) is 0.150. The van der Waals surface area contributed by atoms with Gasteiger partial charge in [-0.05, 0) is 35.7 Å². The second-order valence-corrected chi connectivity index (χ2v) is 6.13. The molecule has 8 nitrogen and oxygen atoms in total. The van der Waals surface area contributed by atoms with Gasteiger partial charge in [-0.25, -0.2) is 4.98 Å². The molecule has 0 radical (unpaired) electrons. The number of ether oxygens (including phenoxy) is 1. The Balaban J connectivity index is 2.07. The van der Waals surface area contributed by atoms with E-state index in [1.165, 1.54) is 0 Å². The lowest BCUT2D eigenvalue weighted by atomic mass is 10.00. The van der Waals surface area contributed by atoms with E-state index in [4.69, 9.17) is 21.3 Å². The molecule has 0 bridgehead atoms. The van der Waals surface area contributed by atoms with Crippen molar-refractivity contribution in [3.05, 3.63) is 58.4 Å². The number of nitrogen functional groups attached to an aromatic ring is 2. The lowest BCUT2D eigenvalue weighted by molar-refractivity contribution is -0.136. The van der Waals surface area contributed by atoms with E-state index in [9.17, 15) is 9.59 Å². The standard InChI is InChI=1S/C20H20N4O4/c1-2-28-15-10-13(12-5-3-4-11(8-12)9-16(25)26)6-7-14(15)19-23-18(22)17(21)20(27)24-19/h3-8,10H,2,9,21H2,1H3,(H,25,26)(H3,22,23,24,27). The zero-order chi connectivity index (χ0) is 20.3. The van der Waals surface area contributed by atoms with Crippen molar-refractivity contribution in [1.29, 1.82) is 0 Å². The zero-order valence-electron chi connectivity index (χ0n) is 15.2. The minimum Gasteiger partial charge on any atom is -0.493 e. The maximum atomic E-state index is 11.9. The molecule has 1 aromatic heterocycles. The molecule has 0 aliphatic carbocycles. The van der Waals surface area contributed by atoms with E-state index in [0.717, 1.165) is 11.1 Å². The summed E-state index contributed by atoms with van der Waals surface area (Å²) >= 11 is 0. The molecule has 2 aromatic carbocycles. The Morgan fingerprint density at radius 3 is 2.61 bits per heavy atom. The smallest absolute Gasteiger partial charge is 0.307 e. The van der Waals surface area contributed by atoms with Crippen LogP contribution in [0.5, 0.6) is 5.75 Å². The summed E-state index contributed by atoms with van der Waals surface area (Å²) in [7, 11) is 0. The van der Waals surface area contributed by atoms with Crippen LogP contribution in [0.15, 0.2) is 47.3 Å². The van der Waals surface area contributed by atoms with Crippen LogP contribution in [-0.4, -0.2) is 27.7 Å². The number of carboxylic acid groups (broad SMARTS) is 1. The molecule has 0 aliphatic rings. The van der Waals surface area contributed by atoms with E-state index in [1.807, 2.05) is 37.3 Å². The summed E-state index contributed by atoms with van der Waals surface area (Å²) in [5.41, 5.74) is 13.6. The van der Waals surface area contributed by atoms with Crippen molar-refractivity contribution >= 4 is 17.5 Å². The normalized spacial score (nSPS) is 10.6. The summed E-state index contributed by atoms with van der Waals surface area (Å²) < 4.78 is 5.73. The molecule has 3 aromatic rings. The van der Waals surface area contributed by atoms with Gasteiger partial charge >= 0.3 is 5.97 Å². The molecule has 0 saturated heterocycles. The fourth-order valence-electron chi connectivity index (χ4n) is 2.84. The number of anilines is 2. The zero-order valence-corrected chi connectivity index (χ0v) is 15.2. The quantitative estimate of drug-likeness (QED) is 0.513. The monoisotopic (exact) mass is 380 g/mol. The molecule has 28 heavy (non-hydrogen) atoms. The molecule has 3 rings (SSSR count). The number of nitrogens with two attached hydrogens (primary N) is 2. The van der Waals surface area contributed by atoms with Gasteiger partial charge in [-0.3, -0.25) is 9.59 Å². The lowest BCUT2D eigenvalue weighted by Gasteiger charge is -2.13. The third-order valence-corrected chi connectivity index (χ3v) is 4.14. The van der Waals surface area contributed by atoms with Gasteiger partial charge in [0.05, 0.1) is 18.6 Å². The van der Waals surface area contributed by atoms with E-state index in [-0.39, 0.29) is 23.8 Å². The second-order valence-electron chi connectivity index (χ2n) is 6.13. The van der Waals surface area contributed by atoms with E-state index in [2.05, 4.69) is 9.97 Å². The van der Waals surface area contributed by atoms with Crippen LogP contribution >= 0.6 is 0 Å². The Bertz CT molecular complexity index is 1090. The number of nitrogens with zero attached hydrogens (tertiary/aromatic N) is 1. The molecule has 0 aliphatic heterocycles. The van der Waals surface area contributed by atoms with Gasteiger partial charge in [0, 0.05) is 0 Å². The highest BCUT2D eigenvalue weighted by Gasteiger charge is 2.14. The number of H-pyrrole nitrogens is 1. The molecule has 0 unspecified atom stereocenters. The molecule has 144 valence electrons. The Labute approximate surface area is 160 Å². The molecule has 0 amide bonds. The molecule has 0 saturated carbocycles. The van der Waals surface area contributed by atoms with Gasteiger partial charge < -0.3 is 26.3 Å². The molecular weight excluding hydrogens is 360 g/mol. The van der Waals surface area contributed by atoms with E-state index >= 15 is 0 Å². The number of aromatic amines is 1. The maximum absolute atomic E-state index is 11.9. The van der Waals surface area contributed by atoms with Crippen LogP contribution in [0.1, 0.15) is 12.5 Å². The molecule has 8 heteroatoms. The maximum Gasteiger partial charge on any atom is 0.307 e. The van der Waals surface area contributed by atoms with Crippen LogP contribution in [0.2, 0.25) is 0 Å². The SMILES string of the molecule is CCOc1cc(-c2cccc(CC(=O)O)c2)ccc1-c1nc(N)c(N)c(=O)[nH]1. The van der Waals surface area contributed by atoms with Gasteiger partial charge in [-0.2, -0.15) is 0 Å². The van der Waals surface area contributed by atoms with E-state index in [1.54, 1.807) is 12.1 Å². The average molecular weight is 380 g/mol. The molecular formula is C20H20N4O4. The first-order chi connectivity index (χ1) is 13.4. The summed E-state index contributed by atoms with van der Waals surface area (Å²) in [6.07, 6.45) is -0.0554. The van der Waals surface area contributed by atoms with Gasteiger partial charge in [-0.15, -0.1) is 0 Å². The Kier molecular flexibility index (Phi) is 5.30. The van der Waals surface area contributed by atoms with Crippen molar-refractivity contribution in [3.63, 3.8) is 0 Å². The average Bonchev–Trinajstić information content (AvgIpc) is 2.65. The molecule has 0 fully saturated rings. The first-order valence-electron chi connectivity index (χ1n) is 8.62. The Hall–Kier alpha value is -3.81. The minimum atomic E-state index is -0.890. The van der Waals surface area contributed by atoms with Crippen LogP contribution in [0.3, 0.4) is 0 Å². The summed E-state index contributed by atoms with van der Waals surface area (Å²) in [5, 5.41) is 8.99. The number of carbonyl (C=O) groups is 1. The predicted octanol–water partition coefficient (Wildman–Crippen LogP) is 2.29.